The van der Waals surface area contributed by atoms with Gasteiger partial charge in [-0.05, 0) is 10.8 Å². The molecule has 2 aromatic carbocycles. The Kier molecular flexibility index (Phi) is 3.39. The molecule has 2 aromatic rings. The van der Waals surface area contributed by atoms with E-state index in [1.165, 1.54) is 0 Å². The summed E-state index contributed by atoms with van der Waals surface area (Å²) in [6, 6.07) is 11.8. The van der Waals surface area contributed by atoms with Gasteiger partial charge >= 0.3 is 5.97 Å². The van der Waals surface area contributed by atoms with E-state index in [1.807, 2.05) is 30.3 Å². The summed E-state index contributed by atoms with van der Waals surface area (Å²) in [5.74, 6) is -1.41. The number of rotatable bonds is 4. The van der Waals surface area contributed by atoms with Crippen LogP contribution in [0.1, 0.15) is 16.8 Å². The van der Waals surface area contributed by atoms with Gasteiger partial charge in [0, 0.05) is 5.56 Å². The predicted molar refractivity (Wildman–Crippen MR) is 68.5 cm³/mol. The topological polar surface area (TPSA) is 80.4 Å². The van der Waals surface area contributed by atoms with Gasteiger partial charge in [0.15, 0.2) is 5.78 Å². The van der Waals surface area contributed by atoms with Gasteiger partial charge in [0.25, 0.3) is 0 Å². The van der Waals surface area contributed by atoms with Crippen molar-refractivity contribution < 1.29 is 14.7 Å². The summed E-state index contributed by atoms with van der Waals surface area (Å²) in [6.45, 7) is 0. The molecule has 0 spiro atoms. The van der Waals surface area contributed by atoms with Crippen LogP contribution in [0.15, 0.2) is 42.5 Å². The van der Waals surface area contributed by atoms with Crippen molar-refractivity contribution in [2.45, 2.75) is 12.5 Å². The van der Waals surface area contributed by atoms with Crippen molar-refractivity contribution in [3.8, 4) is 0 Å². The number of benzene rings is 2. The predicted octanol–water partition coefficient (Wildman–Crippen LogP) is 1.82. The van der Waals surface area contributed by atoms with Crippen LogP contribution >= 0.6 is 0 Å². The molecule has 92 valence electrons. The SMILES string of the molecule is NC(CC(=O)O)C(=O)c1cccc2ccccc12. The fourth-order valence-electron chi connectivity index (χ4n) is 1.92. The van der Waals surface area contributed by atoms with Gasteiger partial charge in [-0.2, -0.15) is 0 Å². The Hall–Kier alpha value is -2.20. The fourth-order valence-corrected chi connectivity index (χ4v) is 1.92. The molecule has 1 unspecified atom stereocenters. The lowest BCUT2D eigenvalue weighted by molar-refractivity contribution is -0.137. The summed E-state index contributed by atoms with van der Waals surface area (Å²) >= 11 is 0. The number of carboxylic acid groups (broad SMARTS) is 1. The molecule has 0 saturated heterocycles. The number of carboxylic acids is 1. The van der Waals surface area contributed by atoms with E-state index in [4.69, 9.17) is 10.8 Å². The van der Waals surface area contributed by atoms with Crippen LogP contribution in [0, 0.1) is 0 Å². The van der Waals surface area contributed by atoms with Crippen LogP contribution in [0.25, 0.3) is 10.8 Å². The first-order chi connectivity index (χ1) is 8.59. The van der Waals surface area contributed by atoms with Crippen molar-refractivity contribution in [2.24, 2.45) is 5.73 Å². The number of ketones is 1. The average molecular weight is 243 g/mol. The molecule has 4 heteroatoms. The Morgan fingerprint density at radius 3 is 2.50 bits per heavy atom. The van der Waals surface area contributed by atoms with Crippen molar-refractivity contribution in [3.63, 3.8) is 0 Å². The van der Waals surface area contributed by atoms with Crippen LogP contribution < -0.4 is 5.73 Å². The van der Waals surface area contributed by atoms with Gasteiger partial charge in [-0.1, -0.05) is 42.5 Å². The summed E-state index contributed by atoms with van der Waals surface area (Å²) in [5, 5.41) is 10.4. The first-order valence-electron chi connectivity index (χ1n) is 5.59. The molecule has 0 heterocycles. The molecular formula is C14H13NO3. The minimum absolute atomic E-state index is 0.339. The van der Waals surface area contributed by atoms with Crippen LogP contribution in [-0.2, 0) is 4.79 Å². The maximum Gasteiger partial charge on any atom is 0.305 e. The van der Waals surface area contributed by atoms with Crippen LogP contribution in [0.2, 0.25) is 0 Å². The number of nitrogens with two attached hydrogens (primary N) is 1. The van der Waals surface area contributed by atoms with E-state index in [0.717, 1.165) is 10.8 Å². The van der Waals surface area contributed by atoms with Crippen LogP contribution in [0.3, 0.4) is 0 Å². The molecule has 0 bridgehead atoms. The molecule has 0 radical (unpaired) electrons. The van der Waals surface area contributed by atoms with Crippen LogP contribution in [-0.4, -0.2) is 22.9 Å². The Bertz CT molecular complexity index is 602. The van der Waals surface area contributed by atoms with E-state index in [1.54, 1.807) is 12.1 Å². The molecule has 0 aliphatic carbocycles. The van der Waals surface area contributed by atoms with E-state index in [9.17, 15) is 9.59 Å². The zero-order chi connectivity index (χ0) is 13.1. The van der Waals surface area contributed by atoms with Gasteiger partial charge in [-0.15, -0.1) is 0 Å². The quantitative estimate of drug-likeness (QED) is 0.803. The molecule has 1 atom stereocenters. The van der Waals surface area contributed by atoms with Gasteiger partial charge in [0.2, 0.25) is 0 Å². The molecule has 0 amide bonds. The second kappa shape index (κ2) is 4.98. The number of hydrogen-bond donors (Lipinski definition) is 2. The average Bonchev–Trinajstić information content (AvgIpc) is 2.36. The maximum absolute atomic E-state index is 12.1. The fraction of sp³-hybridized carbons (Fsp3) is 0.143. The normalized spacial score (nSPS) is 12.3. The van der Waals surface area contributed by atoms with E-state index < -0.39 is 12.0 Å². The summed E-state index contributed by atoms with van der Waals surface area (Å²) < 4.78 is 0. The number of Topliss-reactive ketones (excluding diaryl/α,β-unsaturated/α-hetero) is 1. The molecule has 18 heavy (non-hydrogen) atoms. The number of carbonyl (C=O) groups is 2. The summed E-state index contributed by atoms with van der Waals surface area (Å²) in [7, 11) is 0. The highest BCUT2D eigenvalue weighted by atomic mass is 16.4. The number of carbonyl (C=O) groups excluding carboxylic acids is 1. The molecule has 0 aromatic heterocycles. The molecule has 0 fully saturated rings. The summed E-state index contributed by atoms with van der Waals surface area (Å²) in [4.78, 5) is 22.7. The minimum Gasteiger partial charge on any atom is -0.481 e. The van der Waals surface area contributed by atoms with Gasteiger partial charge in [-0.3, -0.25) is 9.59 Å². The Morgan fingerprint density at radius 1 is 1.11 bits per heavy atom. The highest BCUT2D eigenvalue weighted by Gasteiger charge is 2.20. The minimum atomic E-state index is -1.07. The third kappa shape index (κ3) is 2.38. The molecule has 0 aliphatic rings. The molecule has 0 aliphatic heterocycles. The molecule has 4 nitrogen and oxygen atoms in total. The third-order valence-electron chi connectivity index (χ3n) is 2.79. The van der Waals surface area contributed by atoms with Crippen LogP contribution in [0.5, 0.6) is 0 Å². The second-order valence-corrected chi connectivity index (χ2v) is 4.10. The number of aliphatic carboxylic acids is 1. The van der Waals surface area contributed by atoms with E-state index in [0.29, 0.717) is 5.56 Å². The van der Waals surface area contributed by atoms with Crippen molar-refractivity contribution in [2.75, 3.05) is 0 Å². The zero-order valence-corrected chi connectivity index (χ0v) is 9.67. The Balaban J connectivity index is 2.42. The lowest BCUT2D eigenvalue weighted by Gasteiger charge is -2.10. The zero-order valence-electron chi connectivity index (χ0n) is 9.67. The number of fused-ring (bicyclic) bond motifs is 1. The van der Waals surface area contributed by atoms with E-state index in [2.05, 4.69) is 0 Å². The largest absolute Gasteiger partial charge is 0.481 e. The Morgan fingerprint density at radius 2 is 1.78 bits per heavy atom. The van der Waals surface area contributed by atoms with Gasteiger partial charge in [0.1, 0.15) is 0 Å². The third-order valence-corrected chi connectivity index (χ3v) is 2.79. The van der Waals surface area contributed by atoms with Crippen molar-refractivity contribution >= 4 is 22.5 Å². The highest BCUT2D eigenvalue weighted by Crippen LogP contribution is 2.20. The van der Waals surface area contributed by atoms with Crippen LogP contribution in [0.4, 0.5) is 0 Å². The van der Waals surface area contributed by atoms with E-state index in [-0.39, 0.29) is 12.2 Å². The standard InChI is InChI=1S/C14H13NO3/c15-12(8-13(16)17)14(18)11-7-3-5-9-4-1-2-6-10(9)11/h1-7,12H,8,15H2,(H,16,17). The molecule has 3 N–H and O–H groups in total. The summed E-state index contributed by atoms with van der Waals surface area (Å²) in [5.41, 5.74) is 6.08. The molecule has 2 rings (SSSR count). The van der Waals surface area contributed by atoms with Crippen molar-refractivity contribution in [3.05, 3.63) is 48.0 Å². The van der Waals surface area contributed by atoms with Gasteiger partial charge < -0.3 is 10.8 Å². The Labute approximate surface area is 104 Å². The maximum atomic E-state index is 12.1. The monoisotopic (exact) mass is 243 g/mol. The molecule has 0 saturated carbocycles. The van der Waals surface area contributed by atoms with Gasteiger partial charge in [-0.25, -0.2) is 0 Å². The first kappa shape index (κ1) is 12.3. The summed E-state index contributed by atoms with van der Waals surface area (Å²) in [6.07, 6.45) is -0.359. The first-order valence-corrected chi connectivity index (χ1v) is 5.59. The molecular weight excluding hydrogens is 230 g/mol. The van der Waals surface area contributed by atoms with Crippen molar-refractivity contribution in [1.29, 1.82) is 0 Å². The number of hydrogen-bond acceptors (Lipinski definition) is 3. The van der Waals surface area contributed by atoms with Crippen molar-refractivity contribution in [1.82, 2.24) is 0 Å². The highest BCUT2D eigenvalue weighted by molar-refractivity contribution is 6.11. The second-order valence-electron chi connectivity index (χ2n) is 4.10. The van der Waals surface area contributed by atoms with E-state index >= 15 is 0 Å². The van der Waals surface area contributed by atoms with Gasteiger partial charge in [0.05, 0.1) is 12.5 Å². The smallest absolute Gasteiger partial charge is 0.305 e. The lowest BCUT2D eigenvalue weighted by atomic mass is 9.96. The lowest BCUT2D eigenvalue weighted by Crippen LogP contribution is -2.33.